The average Bonchev–Trinajstić information content (AvgIpc) is 2.69. The van der Waals surface area contributed by atoms with Crippen LogP contribution in [0.15, 0.2) is 48.6 Å². The second kappa shape index (κ2) is 14.4. The van der Waals surface area contributed by atoms with Crippen LogP contribution in [0.5, 0.6) is 0 Å². The zero-order valence-electron chi connectivity index (χ0n) is 17.3. The molecule has 0 aliphatic carbocycles. The van der Waals surface area contributed by atoms with Crippen LogP contribution in [-0.2, 0) is 28.5 Å². The van der Waals surface area contributed by atoms with Crippen molar-refractivity contribution in [2.24, 2.45) is 0 Å². The second-order valence-corrected chi connectivity index (χ2v) is 6.02. The molecule has 0 aromatic rings. The largest absolute Gasteiger partial charge is 0.459 e. The Balaban J connectivity index is 3.91. The molecule has 0 atom stereocenters. The Morgan fingerprint density at radius 3 is 1.20 bits per heavy atom. The van der Waals surface area contributed by atoms with Gasteiger partial charge in [0.2, 0.25) is 0 Å². The van der Waals surface area contributed by atoms with Crippen LogP contribution in [0.2, 0.25) is 0 Å². The summed E-state index contributed by atoms with van der Waals surface area (Å²) in [5.74, 6) is -1.13. The van der Waals surface area contributed by atoms with E-state index in [1.807, 2.05) is 0 Å². The molecule has 0 aromatic carbocycles. The second-order valence-electron chi connectivity index (χ2n) is 6.02. The van der Waals surface area contributed by atoms with Gasteiger partial charge >= 0.3 is 24.1 Å². The first-order valence-corrected chi connectivity index (χ1v) is 8.87. The summed E-state index contributed by atoms with van der Waals surface area (Å²) in [7, 11) is 0. The first kappa shape index (κ1) is 26.4. The minimum Gasteiger partial charge on any atom is -0.459 e. The molecule has 166 valence electrons. The molecule has 0 aromatic heterocycles. The summed E-state index contributed by atoms with van der Waals surface area (Å²) in [4.78, 5) is 45.4. The van der Waals surface area contributed by atoms with Gasteiger partial charge in [0.15, 0.2) is 0 Å². The molecule has 0 fully saturated rings. The lowest BCUT2D eigenvalue weighted by atomic mass is 10.1. The van der Waals surface area contributed by atoms with E-state index in [1.165, 1.54) is 13.8 Å². The summed E-state index contributed by atoms with van der Waals surface area (Å²) in [6.45, 7) is 17.0. The minimum absolute atomic E-state index is 0.0385. The highest BCUT2D eigenvalue weighted by molar-refractivity contribution is 5.87. The van der Waals surface area contributed by atoms with Gasteiger partial charge in [0.05, 0.1) is 0 Å². The van der Waals surface area contributed by atoms with E-state index >= 15 is 0 Å². The number of nitrogens with one attached hydrogen (secondary N) is 2. The maximum atomic E-state index is 11.6. The number of carbonyl (C=O) groups excluding carboxylic acids is 4. The first-order valence-electron chi connectivity index (χ1n) is 8.87. The summed E-state index contributed by atoms with van der Waals surface area (Å²) in [6.07, 6.45) is -1.46. The molecule has 0 saturated heterocycles. The van der Waals surface area contributed by atoms with Gasteiger partial charge in [-0.1, -0.05) is 26.3 Å². The monoisotopic (exact) mass is 424 g/mol. The third-order valence-electron chi connectivity index (χ3n) is 3.19. The number of carbonyl (C=O) groups is 4. The van der Waals surface area contributed by atoms with Gasteiger partial charge in [-0.15, -0.1) is 0 Å². The van der Waals surface area contributed by atoms with Gasteiger partial charge in [-0.3, -0.25) is 0 Å². The molecule has 0 aliphatic rings. The predicted molar refractivity (Wildman–Crippen MR) is 109 cm³/mol. The predicted octanol–water partition coefficient (Wildman–Crippen LogP) is 1.79. The van der Waals surface area contributed by atoms with Crippen LogP contribution < -0.4 is 10.6 Å². The van der Waals surface area contributed by atoms with Crippen molar-refractivity contribution < 1.29 is 38.1 Å². The highest BCUT2D eigenvalue weighted by atomic mass is 16.6. The molecule has 0 spiro atoms. The molecule has 0 rings (SSSR count). The maximum absolute atomic E-state index is 11.6. The van der Waals surface area contributed by atoms with E-state index in [9.17, 15) is 19.2 Å². The molecule has 10 heteroatoms. The van der Waals surface area contributed by atoms with Crippen molar-refractivity contribution in [2.45, 2.75) is 13.8 Å². The van der Waals surface area contributed by atoms with Gasteiger partial charge in [-0.25, -0.2) is 19.2 Å². The Hall–Kier alpha value is -3.56. The first-order chi connectivity index (χ1) is 14.0. The van der Waals surface area contributed by atoms with E-state index < -0.39 is 24.1 Å². The van der Waals surface area contributed by atoms with E-state index in [0.717, 1.165) is 0 Å². The smallest absolute Gasteiger partial charge is 0.407 e. The molecule has 2 N–H and O–H groups in total. The molecule has 30 heavy (non-hydrogen) atoms. The highest BCUT2D eigenvalue weighted by Crippen LogP contribution is 2.02. The maximum Gasteiger partial charge on any atom is 0.407 e. The SMILES string of the molecule is C=C(C)C(=O)OCCOC(=O)NCC(=C)C(=C)CNC(=O)OCCOC(=O)C(=C)C. The van der Waals surface area contributed by atoms with Crippen LogP contribution in [0.4, 0.5) is 9.59 Å². The quantitative estimate of drug-likeness (QED) is 0.150. The number of amides is 2. The Bertz CT molecular complexity index is 652. The lowest BCUT2D eigenvalue weighted by Gasteiger charge is -2.12. The third-order valence-corrected chi connectivity index (χ3v) is 3.19. The van der Waals surface area contributed by atoms with Crippen LogP contribution in [0.1, 0.15) is 13.8 Å². The van der Waals surface area contributed by atoms with Gasteiger partial charge in [0, 0.05) is 24.2 Å². The molecule has 0 aliphatic heterocycles. The van der Waals surface area contributed by atoms with Gasteiger partial charge < -0.3 is 29.6 Å². The van der Waals surface area contributed by atoms with Gasteiger partial charge in [0.25, 0.3) is 0 Å². The third kappa shape index (κ3) is 12.8. The van der Waals surface area contributed by atoms with Crippen molar-refractivity contribution in [1.82, 2.24) is 10.6 Å². The molecule has 0 saturated carbocycles. The fraction of sp³-hybridized carbons (Fsp3) is 0.400. The Kier molecular flexibility index (Phi) is 12.7. The van der Waals surface area contributed by atoms with Crippen molar-refractivity contribution in [3.63, 3.8) is 0 Å². The molecule has 0 bridgehead atoms. The number of esters is 2. The number of hydrogen-bond donors (Lipinski definition) is 2. The van der Waals surface area contributed by atoms with Crippen LogP contribution in [0, 0.1) is 0 Å². The van der Waals surface area contributed by atoms with Crippen LogP contribution in [-0.4, -0.2) is 63.6 Å². The van der Waals surface area contributed by atoms with Crippen molar-refractivity contribution in [3.8, 4) is 0 Å². The van der Waals surface area contributed by atoms with Crippen LogP contribution in [0.3, 0.4) is 0 Å². The molecule has 0 unspecified atom stereocenters. The van der Waals surface area contributed by atoms with Gasteiger partial charge in [0.1, 0.15) is 26.4 Å². The Morgan fingerprint density at radius 2 is 0.900 bits per heavy atom. The van der Waals surface area contributed by atoms with Crippen molar-refractivity contribution in [1.29, 1.82) is 0 Å². The van der Waals surface area contributed by atoms with Crippen molar-refractivity contribution >= 4 is 24.1 Å². The molecule has 10 nitrogen and oxygen atoms in total. The number of rotatable bonds is 13. The highest BCUT2D eigenvalue weighted by Gasteiger charge is 2.09. The van der Waals surface area contributed by atoms with Crippen LogP contribution >= 0.6 is 0 Å². The van der Waals surface area contributed by atoms with E-state index in [-0.39, 0.29) is 50.7 Å². The summed E-state index contributed by atoms with van der Waals surface area (Å²) in [5, 5.41) is 4.89. The van der Waals surface area contributed by atoms with Crippen molar-refractivity contribution in [2.75, 3.05) is 39.5 Å². The van der Waals surface area contributed by atoms with E-state index in [1.54, 1.807) is 0 Å². The number of ether oxygens (including phenoxy) is 4. The Labute approximate surface area is 175 Å². The fourth-order valence-electron chi connectivity index (χ4n) is 1.49. The summed E-state index contributed by atoms with van der Waals surface area (Å²) >= 11 is 0. The number of hydrogen-bond acceptors (Lipinski definition) is 8. The van der Waals surface area contributed by atoms with Gasteiger partial charge in [-0.05, 0) is 25.0 Å². The summed E-state index contributed by atoms with van der Waals surface area (Å²) < 4.78 is 19.2. The molecule has 0 heterocycles. The Morgan fingerprint density at radius 1 is 0.600 bits per heavy atom. The zero-order valence-corrected chi connectivity index (χ0v) is 17.3. The zero-order chi connectivity index (χ0) is 23.1. The standard InChI is InChI=1S/C20H28N2O8/c1-13(2)17(23)27-7-9-29-19(25)21-11-15(5)16(6)12-22-20(26)30-10-8-28-18(24)14(3)4/h1,3,5-12H2,2,4H3,(H,21,25)(H,22,26). The summed E-state index contributed by atoms with van der Waals surface area (Å²) in [6, 6.07) is 0. The van der Waals surface area contributed by atoms with E-state index in [0.29, 0.717) is 11.1 Å². The molecule has 2 amide bonds. The fourth-order valence-corrected chi connectivity index (χ4v) is 1.49. The van der Waals surface area contributed by atoms with E-state index in [4.69, 9.17) is 18.9 Å². The lowest BCUT2D eigenvalue weighted by Crippen LogP contribution is -2.31. The summed E-state index contributed by atoms with van der Waals surface area (Å²) in [5.41, 5.74) is 1.41. The normalized spacial score (nSPS) is 9.53. The minimum atomic E-state index is -0.730. The molecule has 0 radical (unpaired) electrons. The number of alkyl carbamates (subject to hydrolysis) is 2. The molecular formula is C20H28N2O8. The van der Waals surface area contributed by atoms with Crippen molar-refractivity contribution in [3.05, 3.63) is 48.6 Å². The van der Waals surface area contributed by atoms with Gasteiger partial charge in [-0.2, -0.15) is 0 Å². The van der Waals surface area contributed by atoms with E-state index in [2.05, 4.69) is 36.9 Å². The van der Waals surface area contributed by atoms with Crippen LogP contribution in [0.25, 0.3) is 0 Å². The lowest BCUT2D eigenvalue weighted by molar-refractivity contribution is -0.140. The average molecular weight is 424 g/mol. The molecular weight excluding hydrogens is 396 g/mol. The topological polar surface area (TPSA) is 129 Å².